The van der Waals surface area contributed by atoms with Gasteiger partial charge in [0.2, 0.25) is 0 Å². The van der Waals surface area contributed by atoms with Crippen molar-refractivity contribution in [1.29, 1.82) is 0 Å². The zero-order valence-electron chi connectivity index (χ0n) is 15.9. The summed E-state index contributed by atoms with van der Waals surface area (Å²) in [7, 11) is 0. The third-order valence-electron chi connectivity index (χ3n) is 4.93. The van der Waals surface area contributed by atoms with Crippen LogP contribution in [0.1, 0.15) is 63.9 Å². The molecule has 0 unspecified atom stereocenters. The second kappa shape index (κ2) is 11.7. The first-order valence-electron chi connectivity index (χ1n) is 9.93. The van der Waals surface area contributed by atoms with Crippen LogP contribution in [0.4, 0.5) is 0 Å². The Kier molecular flexibility index (Phi) is 9.26. The van der Waals surface area contributed by atoms with Gasteiger partial charge in [-0.25, -0.2) is 4.79 Å². The van der Waals surface area contributed by atoms with Crippen molar-refractivity contribution in [3.05, 3.63) is 35.9 Å². The van der Waals surface area contributed by atoms with Crippen molar-refractivity contribution < 1.29 is 19.4 Å². The summed E-state index contributed by atoms with van der Waals surface area (Å²) >= 11 is 0. The Bertz CT molecular complexity index is 542. The summed E-state index contributed by atoms with van der Waals surface area (Å²) in [6.07, 6.45) is 12.8. The third kappa shape index (κ3) is 8.05. The monoisotopic (exact) mass is 360 g/mol. The molecule has 0 saturated heterocycles. The number of rotatable bonds is 11. The molecule has 0 atom stereocenters. The van der Waals surface area contributed by atoms with E-state index in [4.69, 9.17) is 14.6 Å². The Morgan fingerprint density at radius 3 is 2.50 bits per heavy atom. The second-order valence-electron chi connectivity index (χ2n) is 7.13. The molecule has 4 heteroatoms. The van der Waals surface area contributed by atoms with Crippen LogP contribution in [-0.2, 0) is 9.53 Å². The van der Waals surface area contributed by atoms with Gasteiger partial charge >= 0.3 is 5.97 Å². The Hall–Kier alpha value is -1.81. The molecule has 4 nitrogen and oxygen atoms in total. The summed E-state index contributed by atoms with van der Waals surface area (Å²) in [5, 5.41) is 8.64. The standard InChI is InChI=1S/C22H32O4/c1-2-3-4-5-16-25-20-13-8-19(9-14-20)17-26-21-11-6-18(7-12-21)10-15-22(23)24/h6-7,10-12,15,19-20H,2-5,8-9,13-14,16-17H2,1H3,(H,23,24)/b15-10+. The molecule has 144 valence electrons. The molecule has 0 radical (unpaired) electrons. The van der Waals surface area contributed by atoms with Crippen LogP contribution in [-0.4, -0.2) is 30.4 Å². The molecule has 0 bridgehead atoms. The molecule has 1 aliphatic rings. The molecule has 1 aromatic carbocycles. The summed E-state index contributed by atoms with van der Waals surface area (Å²) in [4.78, 5) is 10.5. The molecule has 2 rings (SSSR count). The van der Waals surface area contributed by atoms with Crippen LogP contribution in [0.25, 0.3) is 6.08 Å². The topological polar surface area (TPSA) is 55.8 Å². The lowest BCUT2D eigenvalue weighted by Gasteiger charge is -2.28. The maximum Gasteiger partial charge on any atom is 0.328 e. The number of aliphatic carboxylic acids is 1. The lowest BCUT2D eigenvalue weighted by molar-refractivity contribution is -0.131. The zero-order chi connectivity index (χ0) is 18.6. The number of unbranched alkanes of at least 4 members (excludes halogenated alkanes) is 3. The van der Waals surface area contributed by atoms with Crippen LogP contribution in [0.2, 0.25) is 0 Å². The van der Waals surface area contributed by atoms with E-state index in [2.05, 4.69) is 6.92 Å². The number of ether oxygens (including phenoxy) is 2. The summed E-state index contributed by atoms with van der Waals surface area (Å²) in [6, 6.07) is 7.54. The largest absolute Gasteiger partial charge is 0.493 e. The number of carboxylic acid groups (broad SMARTS) is 1. The summed E-state index contributed by atoms with van der Waals surface area (Å²) in [5.74, 6) is 0.499. The Balaban J connectivity index is 1.61. The minimum absolute atomic E-state index is 0.438. The van der Waals surface area contributed by atoms with E-state index < -0.39 is 5.97 Å². The third-order valence-corrected chi connectivity index (χ3v) is 4.93. The molecule has 26 heavy (non-hydrogen) atoms. The van der Waals surface area contributed by atoms with Crippen LogP contribution < -0.4 is 4.74 Å². The van der Waals surface area contributed by atoms with Gasteiger partial charge < -0.3 is 14.6 Å². The van der Waals surface area contributed by atoms with Crippen LogP contribution in [0, 0.1) is 5.92 Å². The maximum absolute atomic E-state index is 10.5. The van der Waals surface area contributed by atoms with Crippen molar-refractivity contribution in [2.45, 2.75) is 64.4 Å². The van der Waals surface area contributed by atoms with E-state index in [1.807, 2.05) is 24.3 Å². The highest BCUT2D eigenvalue weighted by Gasteiger charge is 2.22. The molecule has 1 N–H and O–H groups in total. The van der Waals surface area contributed by atoms with Crippen LogP contribution in [0.15, 0.2) is 30.3 Å². The van der Waals surface area contributed by atoms with E-state index in [0.717, 1.165) is 43.4 Å². The van der Waals surface area contributed by atoms with Gasteiger partial charge in [-0.15, -0.1) is 0 Å². The quantitative estimate of drug-likeness (QED) is 0.429. The van der Waals surface area contributed by atoms with Crippen molar-refractivity contribution in [2.24, 2.45) is 5.92 Å². The van der Waals surface area contributed by atoms with Crippen LogP contribution in [0.3, 0.4) is 0 Å². The van der Waals surface area contributed by atoms with E-state index in [0.29, 0.717) is 12.0 Å². The number of carboxylic acids is 1. The van der Waals surface area contributed by atoms with Gasteiger partial charge in [0.05, 0.1) is 12.7 Å². The van der Waals surface area contributed by atoms with E-state index in [1.165, 1.54) is 38.5 Å². The smallest absolute Gasteiger partial charge is 0.328 e. The van der Waals surface area contributed by atoms with Gasteiger partial charge in [0.1, 0.15) is 5.75 Å². The molecular formula is C22H32O4. The molecule has 1 fully saturated rings. The fraction of sp³-hybridized carbons (Fsp3) is 0.591. The molecule has 1 aromatic rings. The summed E-state index contributed by atoms with van der Waals surface area (Å²) in [6.45, 7) is 3.89. The molecule has 0 spiro atoms. The van der Waals surface area contributed by atoms with Gasteiger partial charge in [0.15, 0.2) is 0 Å². The SMILES string of the molecule is CCCCCCOC1CCC(COc2ccc(/C=C/C(=O)O)cc2)CC1. The van der Waals surface area contributed by atoms with Crippen molar-refractivity contribution >= 4 is 12.0 Å². The molecule has 1 aliphatic carbocycles. The lowest BCUT2D eigenvalue weighted by atomic mass is 9.88. The highest BCUT2D eigenvalue weighted by molar-refractivity contribution is 5.85. The van der Waals surface area contributed by atoms with Gasteiger partial charge in [-0.3, -0.25) is 0 Å². The highest BCUT2D eigenvalue weighted by Crippen LogP contribution is 2.27. The Morgan fingerprint density at radius 2 is 1.85 bits per heavy atom. The zero-order valence-corrected chi connectivity index (χ0v) is 15.9. The van der Waals surface area contributed by atoms with Crippen LogP contribution >= 0.6 is 0 Å². The number of benzene rings is 1. The molecule has 0 heterocycles. The van der Waals surface area contributed by atoms with E-state index in [9.17, 15) is 4.79 Å². The first kappa shape index (κ1) is 20.5. The summed E-state index contributed by atoms with van der Waals surface area (Å²) in [5.41, 5.74) is 0.858. The molecule has 1 saturated carbocycles. The average molecular weight is 360 g/mol. The van der Waals surface area contributed by atoms with Gasteiger partial charge in [-0.05, 0) is 61.8 Å². The first-order valence-corrected chi connectivity index (χ1v) is 9.93. The normalized spacial score (nSPS) is 20.3. The van der Waals surface area contributed by atoms with E-state index in [-0.39, 0.29) is 0 Å². The maximum atomic E-state index is 10.5. The van der Waals surface area contributed by atoms with E-state index in [1.54, 1.807) is 6.08 Å². The molecule has 0 aliphatic heterocycles. The molecular weight excluding hydrogens is 328 g/mol. The number of hydrogen-bond acceptors (Lipinski definition) is 3. The van der Waals surface area contributed by atoms with Crippen molar-refractivity contribution in [1.82, 2.24) is 0 Å². The van der Waals surface area contributed by atoms with Gasteiger partial charge in [0.25, 0.3) is 0 Å². The second-order valence-corrected chi connectivity index (χ2v) is 7.13. The number of hydrogen-bond donors (Lipinski definition) is 1. The fourth-order valence-electron chi connectivity index (χ4n) is 3.30. The van der Waals surface area contributed by atoms with Gasteiger partial charge in [0, 0.05) is 12.7 Å². The predicted octanol–water partition coefficient (Wildman–Crippen LogP) is 5.32. The Morgan fingerprint density at radius 1 is 1.12 bits per heavy atom. The van der Waals surface area contributed by atoms with E-state index >= 15 is 0 Å². The van der Waals surface area contributed by atoms with Crippen molar-refractivity contribution in [2.75, 3.05) is 13.2 Å². The molecule has 0 aromatic heterocycles. The van der Waals surface area contributed by atoms with Crippen LogP contribution in [0.5, 0.6) is 5.75 Å². The highest BCUT2D eigenvalue weighted by atomic mass is 16.5. The van der Waals surface area contributed by atoms with Crippen molar-refractivity contribution in [3.8, 4) is 5.75 Å². The number of carbonyl (C=O) groups is 1. The minimum Gasteiger partial charge on any atom is -0.493 e. The van der Waals surface area contributed by atoms with Gasteiger partial charge in [-0.1, -0.05) is 38.3 Å². The van der Waals surface area contributed by atoms with Gasteiger partial charge in [-0.2, -0.15) is 0 Å². The summed E-state index contributed by atoms with van der Waals surface area (Å²) < 4.78 is 11.9. The molecule has 0 amide bonds. The predicted molar refractivity (Wildman–Crippen MR) is 104 cm³/mol. The fourth-order valence-corrected chi connectivity index (χ4v) is 3.30. The Labute approximate surface area is 157 Å². The van der Waals surface area contributed by atoms with Crippen molar-refractivity contribution in [3.63, 3.8) is 0 Å². The first-order chi connectivity index (χ1) is 12.7. The average Bonchev–Trinajstić information content (AvgIpc) is 2.66. The minimum atomic E-state index is -0.939. The lowest BCUT2D eigenvalue weighted by Crippen LogP contribution is -2.25.